The molecule has 0 aliphatic carbocycles. The van der Waals surface area contributed by atoms with E-state index in [1.165, 1.54) is 7.11 Å². The van der Waals surface area contributed by atoms with Crippen molar-refractivity contribution in [2.24, 2.45) is 0 Å². The van der Waals surface area contributed by atoms with Gasteiger partial charge >= 0.3 is 12.3 Å². The van der Waals surface area contributed by atoms with E-state index in [1.54, 1.807) is 6.92 Å². The molecular weight excluding hydrogens is 192 g/mol. The summed E-state index contributed by atoms with van der Waals surface area (Å²) in [5.41, 5.74) is 0. The third-order valence-corrected chi connectivity index (χ3v) is 0.859. The van der Waals surface area contributed by atoms with Crippen LogP contribution in [0, 0.1) is 0 Å². The second-order valence-electron chi connectivity index (χ2n) is 2.00. The molecule has 0 amide bonds. The first-order valence-electron chi connectivity index (χ1n) is 4.14. The molecule has 0 saturated carbocycles. The number of hydrogen-bond acceptors (Lipinski definition) is 5. The monoisotopic (exact) mass is 208 g/mol. The molecule has 0 rings (SSSR count). The van der Waals surface area contributed by atoms with Gasteiger partial charge in [-0.2, -0.15) is 0 Å². The fraction of sp³-hybridized carbons (Fsp3) is 0.750. The lowest BCUT2D eigenvalue weighted by atomic mass is 10.5. The average molecular weight is 208 g/mol. The van der Waals surface area contributed by atoms with E-state index in [4.69, 9.17) is 5.11 Å². The molecule has 0 aromatic heterocycles. The first-order chi connectivity index (χ1) is 6.58. The second-order valence-corrected chi connectivity index (χ2v) is 2.00. The third-order valence-electron chi connectivity index (χ3n) is 0.859. The van der Waals surface area contributed by atoms with Crippen LogP contribution < -0.4 is 0 Å². The minimum Gasteiger partial charge on any atom is -0.450 e. The van der Waals surface area contributed by atoms with Gasteiger partial charge in [0.2, 0.25) is 0 Å². The van der Waals surface area contributed by atoms with Crippen LogP contribution in [0.3, 0.4) is 0 Å². The van der Waals surface area contributed by atoms with Crippen LogP contribution in [0.4, 0.5) is 9.59 Å². The van der Waals surface area contributed by atoms with E-state index in [0.717, 1.165) is 6.42 Å². The molecule has 0 atom stereocenters. The molecule has 84 valence electrons. The van der Waals surface area contributed by atoms with Crippen LogP contribution in [0.1, 0.15) is 20.3 Å². The van der Waals surface area contributed by atoms with Crippen molar-refractivity contribution in [2.75, 3.05) is 20.3 Å². The Labute approximate surface area is 82.8 Å². The molecule has 0 radical (unpaired) electrons. The zero-order chi connectivity index (χ0) is 11.4. The molecule has 0 aromatic carbocycles. The Morgan fingerprint density at radius 3 is 1.93 bits per heavy atom. The van der Waals surface area contributed by atoms with Gasteiger partial charge in [0.15, 0.2) is 0 Å². The number of carbonyl (C=O) groups excluding carboxylic acids is 1. The lowest BCUT2D eigenvalue weighted by molar-refractivity contribution is 0.0770. The Kier molecular flexibility index (Phi) is 12.4. The molecule has 6 nitrogen and oxygen atoms in total. The van der Waals surface area contributed by atoms with Crippen LogP contribution in [0.5, 0.6) is 0 Å². The summed E-state index contributed by atoms with van der Waals surface area (Å²) >= 11 is 0. The molecule has 0 aliphatic rings. The van der Waals surface area contributed by atoms with Gasteiger partial charge in [0.25, 0.3) is 0 Å². The van der Waals surface area contributed by atoms with Crippen molar-refractivity contribution in [1.29, 1.82) is 0 Å². The molecule has 0 unspecified atom stereocenters. The summed E-state index contributed by atoms with van der Waals surface area (Å²) in [6, 6.07) is 0. The number of carboxylic acid groups (broad SMARTS) is 1. The van der Waals surface area contributed by atoms with Crippen molar-refractivity contribution >= 4 is 12.3 Å². The molecule has 0 spiro atoms. The molecule has 0 heterocycles. The summed E-state index contributed by atoms with van der Waals surface area (Å²) in [5, 5.41) is 7.82. The Morgan fingerprint density at radius 2 is 1.79 bits per heavy atom. The van der Waals surface area contributed by atoms with Crippen LogP contribution in [0.15, 0.2) is 0 Å². The van der Waals surface area contributed by atoms with Gasteiger partial charge in [-0.05, 0) is 13.3 Å². The predicted molar refractivity (Wildman–Crippen MR) is 48.3 cm³/mol. The highest BCUT2D eigenvalue weighted by Gasteiger charge is 1.92. The van der Waals surface area contributed by atoms with Crippen molar-refractivity contribution in [3.8, 4) is 0 Å². The van der Waals surface area contributed by atoms with Crippen molar-refractivity contribution in [2.45, 2.75) is 20.3 Å². The third kappa shape index (κ3) is 16.9. The summed E-state index contributed by atoms with van der Waals surface area (Å²) in [6.45, 7) is 4.24. The van der Waals surface area contributed by atoms with E-state index in [0.29, 0.717) is 13.2 Å². The second kappa shape index (κ2) is 11.5. The summed E-state index contributed by atoms with van der Waals surface area (Å²) < 4.78 is 12.6. The number of hydrogen-bond donors (Lipinski definition) is 1. The number of carbonyl (C=O) groups is 2. The van der Waals surface area contributed by atoms with Crippen molar-refractivity contribution in [3.05, 3.63) is 0 Å². The van der Waals surface area contributed by atoms with E-state index < -0.39 is 12.3 Å². The van der Waals surface area contributed by atoms with Gasteiger partial charge in [-0.1, -0.05) is 6.92 Å². The minimum atomic E-state index is -1.19. The van der Waals surface area contributed by atoms with Gasteiger partial charge in [0.1, 0.15) is 0 Å². The normalized spacial score (nSPS) is 7.93. The highest BCUT2D eigenvalue weighted by atomic mass is 16.7. The van der Waals surface area contributed by atoms with E-state index in [1.807, 2.05) is 6.92 Å². The standard InChI is InChI=1S/2C4H8O3/c1-3-7-4(5)6-2;1-2-3-7-4(5)6/h3H2,1-2H3;2-3H2,1H3,(H,5,6). The van der Waals surface area contributed by atoms with E-state index in [2.05, 4.69) is 14.2 Å². The average Bonchev–Trinajstić information content (AvgIpc) is 2.16. The predicted octanol–water partition coefficient (Wildman–Crippen LogP) is 1.88. The zero-order valence-corrected chi connectivity index (χ0v) is 8.61. The maximum absolute atomic E-state index is 9.97. The minimum absolute atomic E-state index is 0.301. The fourth-order valence-corrected chi connectivity index (χ4v) is 0.366. The van der Waals surface area contributed by atoms with Gasteiger partial charge in [-0.3, -0.25) is 0 Å². The molecule has 0 fully saturated rings. The van der Waals surface area contributed by atoms with Crippen LogP contribution in [0.2, 0.25) is 0 Å². The number of methoxy groups -OCH3 is 1. The summed E-state index contributed by atoms with van der Waals surface area (Å²) in [4.78, 5) is 19.5. The zero-order valence-electron chi connectivity index (χ0n) is 8.61. The molecule has 0 saturated heterocycles. The Morgan fingerprint density at radius 1 is 1.21 bits per heavy atom. The first-order valence-corrected chi connectivity index (χ1v) is 4.14. The SMILES string of the molecule is CCCOC(=O)O.CCOC(=O)OC. The van der Waals surface area contributed by atoms with E-state index in [-0.39, 0.29) is 0 Å². The summed E-state index contributed by atoms with van der Waals surface area (Å²) in [7, 11) is 1.28. The van der Waals surface area contributed by atoms with E-state index >= 15 is 0 Å². The van der Waals surface area contributed by atoms with Crippen LogP contribution in [0.25, 0.3) is 0 Å². The quantitative estimate of drug-likeness (QED) is 0.713. The molecule has 0 bridgehead atoms. The van der Waals surface area contributed by atoms with Gasteiger partial charge in [-0.15, -0.1) is 0 Å². The number of ether oxygens (including phenoxy) is 3. The lowest BCUT2D eigenvalue weighted by Crippen LogP contribution is -2.02. The van der Waals surface area contributed by atoms with Gasteiger partial charge < -0.3 is 19.3 Å². The summed E-state index contributed by atoms with van der Waals surface area (Å²) in [6.07, 6.45) is -1.07. The molecule has 14 heavy (non-hydrogen) atoms. The Hall–Kier alpha value is -1.46. The molecule has 1 N–H and O–H groups in total. The van der Waals surface area contributed by atoms with Gasteiger partial charge in [0, 0.05) is 0 Å². The smallest absolute Gasteiger partial charge is 0.450 e. The van der Waals surface area contributed by atoms with Crippen molar-refractivity contribution in [3.63, 3.8) is 0 Å². The van der Waals surface area contributed by atoms with Crippen LogP contribution in [-0.2, 0) is 14.2 Å². The van der Waals surface area contributed by atoms with Crippen molar-refractivity contribution in [1.82, 2.24) is 0 Å². The lowest BCUT2D eigenvalue weighted by Gasteiger charge is -1.94. The van der Waals surface area contributed by atoms with E-state index in [9.17, 15) is 9.59 Å². The van der Waals surface area contributed by atoms with Gasteiger partial charge in [0.05, 0.1) is 20.3 Å². The summed E-state index contributed by atoms with van der Waals surface area (Å²) in [5.74, 6) is 0. The molecule has 0 aromatic rings. The topological polar surface area (TPSA) is 82.1 Å². The number of rotatable bonds is 3. The molecular formula is C8H16O6. The highest BCUT2D eigenvalue weighted by Crippen LogP contribution is 1.78. The first kappa shape index (κ1) is 15.0. The van der Waals surface area contributed by atoms with Crippen molar-refractivity contribution < 1.29 is 28.9 Å². The maximum Gasteiger partial charge on any atom is 0.507 e. The van der Waals surface area contributed by atoms with Gasteiger partial charge in [-0.25, -0.2) is 9.59 Å². The Bertz CT molecular complexity index is 156. The Balaban J connectivity index is 0. The van der Waals surface area contributed by atoms with Crippen LogP contribution in [-0.4, -0.2) is 37.7 Å². The highest BCUT2D eigenvalue weighted by molar-refractivity contribution is 5.59. The molecule has 0 aliphatic heterocycles. The van der Waals surface area contributed by atoms with Crippen LogP contribution >= 0.6 is 0 Å². The fourth-order valence-electron chi connectivity index (χ4n) is 0.366. The largest absolute Gasteiger partial charge is 0.507 e. The maximum atomic E-state index is 9.97. The molecule has 6 heteroatoms.